The van der Waals surface area contributed by atoms with Crippen molar-refractivity contribution in [3.63, 3.8) is 0 Å². The van der Waals surface area contributed by atoms with Crippen LogP contribution in [0.3, 0.4) is 0 Å². The van der Waals surface area contributed by atoms with E-state index in [1.807, 2.05) is 17.4 Å². The van der Waals surface area contributed by atoms with Crippen LogP contribution in [0.2, 0.25) is 0 Å². The summed E-state index contributed by atoms with van der Waals surface area (Å²) in [6, 6.07) is 8.49. The van der Waals surface area contributed by atoms with Gasteiger partial charge in [0, 0.05) is 6.07 Å². The molecule has 0 aliphatic heterocycles. The summed E-state index contributed by atoms with van der Waals surface area (Å²) in [5, 5.41) is 0. The van der Waals surface area contributed by atoms with Gasteiger partial charge >= 0.3 is 0 Å². The zero-order chi connectivity index (χ0) is 9.97. The Hall–Kier alpha value is -0.800. The lowest BCUT2D eigenvalue weighted by Gasteiger charge is -1.91. The van der Waals surface area contributed by atoms with Crippen molar-refractivity contribution in [2.24, 2.45) is 0 Å². The van der Waals surface area contributed by atoms with E-state index in [1.54, 1.807) is 11.8 Å². The number of hydrogen-bond acceptors (Lipinski definition) is 2. The molecule has 3 heteroatoms. The van der Waals surface area contributed by atoms with E-state index in [1.165, 1.54) is 14.6 Å². The molecule has 0 fully saturated rings. The molecule has 1 heterocycles. The Bertz CT molecular complexity index is 459. The lowest BCUT2D eigenvalue weighted by Crippen LogP contribution is -2.33. The summed E-state index contributed by atoms with van der Waals surface area (Å²) in [4.78, 5) is 0. The molecule has 0 amide bonds. The van der Waals surface area contributed by atoms with E-state index in [9.17, 15) is 0 Å². The maximum Gasteiger partial charge on any atom is 0.298 e. The van der Waals surface area contributed by atoms with Crippen LogP contribution in [-0.4, -0.2) is 6.26 Å². The number of aromatic nitrogens is 1. The zero-order valence-corrected chi connectivity index (χ0v) is 9.70. The van der Waals surface area contributed by atoms with Crippen molar-refractivity contribution >= 4 is 33.3 Å². The molecule has 2 rings (SSSR count). The van der Waals surface area contributed by atoms with Crippen LogP contribution in [0, 0.1) is 0 Å². The van der Waals surface area contributed by atoms with Crippen LogP contribution in [-0.2, 0) is 6.54 Å². The van der Waals surface area contributed by atoms with Gasteiger partial charge in [0.05, 0.1) is 0 Å². The van der Waals surface area contributed by atoms with Gasteiger partial charge in [-0.2, -0.15) is 4.57 Å². The predicted octanol–water partition coefficient (Wildman–Crippen LogP) is 3.10. The quantitative estimate of drug-likeness (QED) is 0.438. The first-order valence-electron chi connectivity index (χ1n) is 4.43. The Morgan fingerprint density at radius 2 is 2.29 bits per heavy atom. The Morgan fingerprint density at radius 1 is 1.50 bits per heavy atom. The van der Waals surface area contributed by atoms with Crippen LogP contribution in [0.5, 0.6) is 0 Å². The van der Waals surface area contributed by atoms with Crippen LogP contribution in [0.4, 0.5) is 0 Å². The van der Waals surface area contributed by atoms with Gasteiger partial charge in [0.2, 0.25) is 5.52 Å². The molecule has 1 nitrogen and oxygen atoms in total. The standard InChI is InChI=1S/C11H12NS2/c1-3-8-12-9-6-4-5-7-10(9)14-11(12)13-2/h3-7H,1,8H2,2H3/q+1. The Morgan fingerprint density at radius 3 is 3.00 bits per heavy atom. The highest BCUT2D eigenvalue weighted by molar-refractivity contribution is 8.00. The van der Waals surface area contributed by atoms with Gasteiger partial charge in [0.1, 0.15) is 4.70 Å². The molecule has 0 saturated heterocycles. The number of benzene rings is 1. The van der Waals surface area contributed by atoms with Crippen molar-refractivity contribution < 1.29 is 4.57 Å². The Labute approximate surface area is 92.1 Å². The summed E-state index contributed by atoms with van der Waals surface area (Å²) < 4.78 is 4.99. The highest BCUT2D eigenvalue weighted by atomic mass is 32.2. The number of para-hydroxylation sites is 1. The molecule has 0 N–H and O–H groups in total. The van der Waals surface area contributed by atoms with Gasteiger partial charge in [-0.1, -0.05) is 30.0 Å². The van der Waals surface area contributed by atoms with Gasteiger partial charge in [-0.15, -0.1) is 0 Å². The zero-order valence-electron chi connectivity index (χ0n) is 8.06. The van der Waals surface area contributed by atoms with Crippen molar-refractivity contribution in [1.29, 1.82) is 0 Å². The van der Waals surface area contributed by atoms with Crippen molar-refractivity contribution in [3.05, 3.63) is 36.9 Å². The van der Waals surface area contributed by atoms with Crippen LogP contribution < -0.4 is 4.57 Å². The molecule has 0 bridgehead atoms. The van der Waals surface area contributed by atoms with E-state index in [2.05, 4.69) is 41.7 Å². The maximum absolute atomic E-state index is 3.79. The van der Waals surface area contributed by atoms with Crippen LogP contribution in [0.15, 0.2) is 41.3 Å². The molecule has 0 radical (unpaired) electrons. The summed E-state index contributed by atoms with van der Waals surface area (Å²) >= 11 is 3.64. The van der Waals surface area contributed by atoms with E-state index < -0.39 is 0 Å². The summed E-state index contributed by atoms with van der Waals surface area (Å²) in [7, 11) is 0. The molecule has 2 aromatic rings. The number of fused-ring (bicyclic) bond motifs is 1. The molecule has 14 heavy (non-hydrogen) atoms. The first kappa shape index (κ1) is 9.74. The highest BCUT2D eigenvalue weighted by Gasteiger charge is 2.17. The average molecular weight is 222 g/mol. The number of nitrogens with zero attached hydrogens (tertiary/aromatic N) is 1. The summed E-state index contributed by atoms with van der Waals surface area (Å²) in [5.41, 5.74) is 1.31. The minimum Gasteiger partial charge on any atom is -0.173 e. The van der Waals surface area contributed by atoms with Gasteiger partial charge in [0.15, 0.2) is 6.54 Å². The monoisotopic (exact) mass is 222 g/mol. The van der Waals surface area contributed by atoms with Crippen LogP contribution >= 0.6 is 23.1 Å². The molecule has 1 aromatic carbocycles. The number of rotatable bonds is 3. The second kappa shape index (κ2) is 4.15. The third kappa shape index (κ3) is 1.57. The molecule has 0 saturated carbocycles. The summed E-state index contributed by atoms with van der Waals surface area (Å²) in [6.07, 6.45) is 4.06. The molecular weight excluding hydrogens is 210 g/mol. The van der Waals surface area contributed by atoms with Crippen molar-refractivity contribution in [1.82, 2.24) is 0 Å². The molecular formula is C11H12NS2+. The largest absolute Gasteiger partial charge is 0.298 e. The SMILES string of the molecule is C=CC[n+]1c(SC)sc2ccccc21. The van der Waals surface area contributed by atoms with Crippen LogP contribution in [0.25, 0.3) is 10.2 Å². The normalized spacial score (nSPS) is 10.6. The van der Waals surface area contributed by atoms with Gasteiger partial charge in [-0.25, -0.2) is 0 Å². The molecule has 72 valence electrons. The maximum atomic E-state index is 3.79. The molecule has 0 atom stereocenters. The fourth-order valence-corrected chi connectivity index (χ4v) is 3.36. The first-order valence-corrected chi connectivity index (χ1v) is 6.47. The van der Waals surface area contributed by atoms with E-state index in [0.29, 0.717) is 0 Å². The topological polar surface area (TPSA) is 3.88 Å². The van der Waals surface area contributed by atoms with Crippen molar-refractivity contribution in [3.8, 4) is 0 Å². The smallest absolute Gasteiger partial charge is 0.173 e. The Kier molecular flexibility index (Phi) is 2.89. The molecule has 0 aliphatic carbocycles. The summed E-state index contributed by atoms with van der Waals surface area (Å²) in [6.45, 7) is 4.68. The minimum absolute atomic E-state index is 0.889. The lowest BCUT2D eigenvalue weighted by atomic mass is 10.3. The highest BCUT2D eigenvalue weighted by Crippen LogP contribution is 2.25. The lowest BCUT2D eigenvalue weighted by molar-refractivity contribution is -0.692. The third-order valence-electron chi connectivity index (χ3n) is 2.06. The second-order valence-corrected chi connectivity index (χ2v) is 5.02. The van der Waals surface area contributed by atoms with E-state index >= 15 is 0 Å². The van der Waals surface area contributed by atoms with Crippen LogP contribution in [0.1, 0.15) is 0 Å². The van der Waals surface area contributed by atoms with E-state index in [0.717, 1.165) is 6.54 Å². The van der Waals surface area contributed by atoms with E-state index in [4.69, 9.17) is 0 Å². The van der Waals surface area contributed by atoms with Crippen molar-refractivity contribution in [2.45, 2.75) is 10.9 Å². The fraction of sp³-hybridized carbons (Fsp3) is 0.182. The number of thiazole rings is 1. The van der Waals surface area contributed by atoms with Gasteiger partial charge in [0.25, 0.3) is 4.34 Å². The molecule has 0 unspecified atom stereocenters. The fourth-order valence-electron chi connectivity index (χ4n) is 1.47. The number of thioether (sulfide) groups is 1. The molecule has 0 aliphatic rings. The Balaban J connectivity index is 2.67. The van der Waals surface area contributed by atoms with Gasteiger partial charge in [-0.3, -0.25) is 0 Å². The van der Waals surface area contributed by atoms with Gasteiger partial charge < -0.3 is 0 Å². The molecule has 0 spiro atoms. The first-order chi connectivity index (χ1) is 6.86. The van der Waals surface area contributed by atoms with Gasteiger partial charge in [-0.05, 0) is 30.2 Å². The predicted molar refractivity (Wildman–Crippen MR) is 64.0 cm³/mol. The number of hydrogen-bond donors (Lipinski definition) is 0. The second-order valence-electron chi connectivity index (χ2n) is 2.94. The van der Waals surface area contributed by atoms with E-state index in [-0.39, 0.29) is 0 Å². The average Bonchev–Trinajstić information content (AvgIpc) is 2.58. The third-order valence-corrected chi connectivity index (χ3v) is 4.34. The minimum atomic E-state index is 0.889. The number of allylic oxidation sites excluding steroid dienone is 1. The summed E-state index contributed by atoms with van der Waals surface area (Å²) in [5.74, 6) is 0. The molecule has 1 aromatic heterocycles. The van der Waals surface area contributed by atoms with Crippen molar-refractivity contribution in [2.75, 3.05) is 6.26 Å².